The van der Waals surface area contributed by atoms with E-state index >= 15 is 0 Å². The van der Waals surface area contributed by atoms with Gasteiger partial charge in [-0.05, 0) is 36.5 Å². The van der Waals surface area contributed by atoms with Gasteiger partial charge in [0.15, 0.2) is 0 Å². The molecule has 3 rings (SSSR count). The van der Waals surface area contributed by atoms with Crippen LogP contribution in [0.2, 0.25) is 0 Å². The van der Waals surface area contributed by atoms with Gasteiger partial charge in [-0.15, -0.1) is 0 Å². The Morgan fingerprint density at radius 2 is 2.00 bits per heavy atom. The van der Waals surface area contributed by atoms with Crippen molar-refractivity contribution in [3.05, 3.63) is 29.8 Å². The molecule has 1 spiro atoms. The third-order valence-corrected chi connectivity index (χ3v) is 7.33. The fraction of sp³-hybridized carbons (Fsp3) is 0.556. The van der Waals surface area contributed by atoms with E-state index in [9.17, 15) is 18.0 Å². The van der Waals surface area contributed by atoms with Gasteiger partial charge >= 0.3 is 6.03 Å². The summed E-state index contributed by atoms with van der Waals surface area (Å²) in [5.74, 6) is -0.103. The molecule has 8 heteroatoms. The van der Waals surface area contributed by atoms with Crippen molar-refractivity contribution in [3.8, 4) is 0 Å². The van der Waals surface area contributed by atoms with Gasteiger partial charge < -0.3 is 5.32 Å². The second-order valence-corrected chi connectivity index (χ2v) is 9.53. The van der Waals surface area contributed by atoms with Crippen molar-refractivity contribution in [3.63, 3.8) is 0 Å². The molecule has 1 heterocycles. The predicted octanol–water partition coefficient (Wildman–Crippen LogP) is 1.94. The number of rotatable bonds is 4. The lowest BCUT2D eigenvalue weighted by Crippen LogP contribution is -2.53. The zero-order chi connectivity index (χ0) is 19.1. The van der Waals surface area contributed by atoms with E-state index in [-0.39, 0.29) is 23.3 Å². The molecule has 1 aromatic rings. The number of nitrogens with zero attached hydrogens (tertiary/aromatic N) is 2. The van der Waals surface area contributed by atoms with Gasteiger partial charge in [0.1, 0.15) is 5.54 Å². The number of urea groups is 1. The summed E-state index contributed by atoms with van der Waals surface area (Å²) in [4.78, 5) is 26.8. The summed E-state index contributed by atoms with van der Waals surface area (Å²) in [6, 6.07) is 5.98. The second kappa shape index (κ2) is 6.66. The SMILES string of the molecule is C[C@H]1CCCC[C@]12NC(=O)N(Cc1cccc(S(=O)(=O)N(C)C)c1)C2=O. The van der Waals surface area contributed by atoms with Crippen molar-refractivity contribution in [2.24, 2.45) is 5.92 Å². The van der Waals surface area contributed by atoms with Gasteiger partial charge in [-0.1, -0.05) is 31.9 Å². The molecular weight excluding hydrogens is 354 g/mol. The topological polar surface area (TPSA) is 86.8 Å². The molecule has 1 aliphatic carbocycles. The van der Waals surface area contributed by atoms with E-state index in [1.54, 1.807) is 12.1 Å². The molecule has 3 amide bonds. The predicted molar refractivity (Wildman–Crippen MR) is 96.8 cm³/mol. The number of amides is 3. The van der Waals surface area contributed by atoms with E-state index in [1.807, 2.05) is 6.92 Å². The van der Waals surface area contributed by atoms with E-state index in [0.29, 0.717) is 12.0 Å². The average molecular weight is 379 g/mol. The highest BCUT2D eigenvalue weighted by atomic mass is 32.2. The quantitative estimate of drug-likeness (QED) is 0.810. The number of hydrogen-bond acceptors (Lipinski definition) is 4. The van der Waals surface area contributed by atoms with Crippen LogP contribution in [0.1, 0.15) is 38.2 Å². The van der Waals surface area contributed by atoms with Gasteiger partial charge in [0.05, 0.1) is 11.4 Å². The number of benzene rings is 1. The van der Waals surface area contributed by atoms with Gasteiger partial charge in [-0.3, -0.25) is 9.69 Å². The molecule has 1 N–H and O–H groups in total. The third kappa shape index (κ3) is 3.01. The third-order valence-electron chi connectivity index (χ3n) is 5.52. The Bertz CT molecular complexity index is 837. The summed E-state index contributed by atoms with van der Waals surface area (Å²) in [6.07, 6.45) is 3.55. The normalized spacial score (nSPS) is 26.6. The van der Waals surface area contributed by atoms with Crippen molar-refractivity contribution in [2.75, 3.05) is 14.1 Å². The zero-order valence-corrected chi connectivity index (χ0v) is 16.2. The van der Waals surface area contributed by atoms with Gasteiger partial charge in [-0.2, -0.15) is 0 Å². The first-order chi connectivity index (χ1) is 12.2. The van der Waals surface area contributed by atoms with E-state index in [2.05, 4.69) is 5.32 Å². The summed E-state index contributed by atoms with van der Waals surface area (Å²) >= 11 is 0. The molecule has 2 atom stereocenters. The lowest BCUT2D eigenvalue weighted by atomic mass is 9.73. The first-order valence-corrected chi connectivity index (χ1v) is 10.3. The number of carbonyl (C=O) groups excluding carboxylic acids is 2. The maximum atomic E-state index is 13.0. The number of hydrogen-bond donors (Lipinski definition) is 1. The molecular formula is C18H25N3O4S. The van der Waals surface area contributed by atoms with E-state index < -0.39 is 21.6 Å². The van der Waals surface area contributed by atoms with E-state index in [1.165, 1.54) is 31.1 Å². The van der Waals surface area contributed by atoms with Gasteiger partial charge in [-0.25, -0.2) is 17.5 Å². The molecule has 2 fully saturated rings. The summed E-state index contributed by atoms with van der Waals surface area (Å²) in [7, 11) is -0.635. The zero-order valence-electron chi connectivity index (χ0n) is 15.4. The summed E-state index contributed by atoms with van der Waals surface area (Å²) in [5.41, 5.74) is -0.195. The molecule has 1 aromatic carbocycles. The first-order valence-electron chi connectivity index (χ1n) is 8.84. The largest absolute Gasteiger partial charge is 0.325 e. The highest BCUT2D eigenvalue weighted by Crippen LogP contribution is 2.38. The Hall–Kier alpha value is -1.93. The van der Waals surface area contributed by atoms with Crippen LogP contribution < -0.4 is 5.32 Å². The minimum absolute atomic E-state index is 0.0654. The lowest BCUT2D eigenvalue weighted by Gasteiger charge is -2.36. The fourth-order valence-corrected chi connectivity index (χ4v) is 4.81. The molecule has 0 radical (unpaired) electrons. The first kappa shape index (κ1) is 18.8. The van der Waals surface area contributed by atoms with E-state index in [0.717, 1.165) is 23.6 Å². The molecule has 0 bridgehead atoms. The van der Waals surface area contributed by atoms with Crippen LogP contribution in [0.25, 0.3) is 0 Å². The van der Waals surface area contributed by atoms with Gasteiger partial charge in [0, 0.05) is 14.1 Å². The van der Waals surface area contributed by atoms with Crippen LogP contribution in [-0.4, -0.2) is 49.2 Å². The smallest absolute Gasteiger partial charge is 0.323 e. The molecule has 0 unspecified atom stereocenters. The van der Waals surface area contributed by atoms with Crippen LogP contribution in [0.15, 0.2) is 29.2 Å². The number of nitrogens with one attached hydrogen (secondary N) is 1. The standard InChI is InChI=1S/C18H25N3O4S/c1-13-7-4-5-10-18(13)16(22)21(17(23)19-18)12-14-8-6-9-15(11-14)26(24,25)20(2)3/h6,8-9,11,13H,4-5,7,10,12H2,1-3H3,(H,19,23)/t13-,18-/m0/s1. The van der Waals surface area contributed by atoms with Crippen LogP contribution in [0, 0.1) is 5.92 Å². The molecule has 0 aromatic heterocycles. The van der Waals surface area contributed by atoms with Gasteiger partial charge in [0.25, 0.3) is 5.91 Å². The maximum Gasteiger partial charge on any atom is 0.325 e. The molecule has 7 nitrogen and oxygen atoms in total. The number of sulfonamides is 1. The maximum absolute atomic E-state index is 13.0. The molecule has 2 aliphatic rings. The number of carbonyl (C=O) groups is 2. The molecule has 142 valence electrons. The Morgan fingerprint density at radius 3 is 2.65 bits per heavy atom. The van der Waals surface area contributed by atoms with Crippen molar-refractivity contribution < 1.29 is 18.0 Å². The minimum Gasteiger partial charge on any atom is -0.323 e. The van der Waals surface area contributed by atoms with Crippen molar-refractivity contribution in [1.29, 1.82) is 0 Å². The van der Waals surface area contributed by atoms with Crippen LogP contribution in [0.3, 0.4) is 0 Å². The Morgan fingerprint density at radius 1 is 1.27 bits per heavy atom. The molecule has 1 aliphatic heterocycles. The molecule has 1 saturated heterocycles. The Kier molecular flexibility index (Phi) is 4.83. The highest BCUT2D eigenvalue weighted by Gasteiger charge is 2.54. The van der Waals surface area contributed by atoms with Crippen molar-refractivity contribution in [2.45, 2.75) is 49.6 Å². The van der Waals surface area contributed by atoms with Gasteiger partial charge in [0.2, 0.25) is 10.0 Å². The van der Waals surface area contributed by atoms with Crippen LogP contribution >= 0.6 is 0 Å². The Labute approximate surface area is 154 Å². The van der Waals surface area contributed by atoms with Crippen LogP contribution in [0.4, 0.5) is 4.79 Å². The monoisotopic (exact) mass is 379 g/mol. The average Bonchev–Trinajstić information content (AvgIpc) is 2.83. The lowest BCUT2D eigenvalue weighted by molar-refractivity contribution is -0.134. The summed E-state index contributed by atoms with van der Waals surface area (Å²) < 4.78 is 25.7. The number of imide groups is 1. The Balaban J connectivity index is 1.86. The minimum atomic E-state index is -3.57. The highest BCUT2D eigenvalue weighted by molar-refractivity contribution is 7.89. The van der Waals surface area contributed by atoms with Crippen LogP contribution in [-0.2, 0) is 21.4 Å². The van der Waals surface area contributed by atoms with Crippen LogP contribution in [0.5, 0.6) is 0 Å². The van der Waals surface area contributed by atoms with E-state index in [4.69, 9.17) is 0 Å². The summed E-state index contributed by atoms with van der Waals surface area (Å²) in [6.45, 7) is 2.07. The second-order valence-electron chi connectivity index (χ2n) is 7.37. The van der Waals surface area contributed by atoms with Crippen molar-refractivity contribution in [1.82, 2.24) is 14.5 Å². The fourth-order valence-electron chi connectivity index (χ4n) is 3.84. The molecule has 1 saturated carbocycles. The molecule has 26 heavy (non-hydrogen) atoms. The van der Waals surface area contributed by atoms with Crippen molar-refractivity contribution >= 4 is 22.0 Å². The summed E-state index contributed by atoms with van der Waals surface area (Å²) in [5, 5.41) is 2.91.